The van der Waals surface area contributed by atoms with Gasteiger partial charge in [-0.2, -0.15) is 0 Å². The van der Waals surface area contributed by atoms with E-state index in [1.54, 1.807) is 24.3 Å². The van der Waals surface area contributed by atoms with E-state index in [9.17, 15) is 4.79 Å². The molecule has 0 atom stereocenters. The van der Waals surface area contributed by atoms with Crippen LogP contribution in [-0.2, 0) is 4.74 Å². The highest BCUT2D eigenvalue weighted by molar-refractivity contribution is 5.89. The third kappa shape index (κ3) is 2.62. The van der Waals surface area contributed by atoms with Crippen molar-refractivity contribution >= 4 is 11.7 Å². The van der Waals surface area contributed by atoms with Gasteiger partial charge in [0, 0.05) is 11.4 Å². The predicted octanol–water partition coefficient (Wildman–Crippen LogP) is 2.42. The van der Waals surface area contributed by atoms with Crippen molar-refractivity contribution in [2.45, 2.75) is 6.92 Å². The van der Waals surface area contributed by atoms with Crippen molar-refractivity contribution in [3.8, 4) is 0 Å². The summed E-state index contributed by atoms with van der Waals surface area (Å²) < 4.78 is 4.58. The Morgan fingerprint density at radius 1 is 1.36 bits per heavy atom. The maximum absolute atomic E-state index is 11.1. The summed E-state index contributed by atoms with van der Waals surface area (Å²) in [6.45, 7) is 5.59. The Hall–Kier alpha value is -1.77. The van der Waals surface area contributed by atoms with Gasteiger partial charge in [0.2, 0.25) is 0 Å². The first-order chi connectivity index (χ1) is 6.63. The molecule has 0 aliphatic carbocycles. The van der Waals surface area contributed by atoms with Crippen LogP contribution in [0.4, 0.5) is 5.69 Å². The molecule has 0 bridgehead atoms. The molecule has 0 aliphatic heterocycles. The maximum Gasteiger partial charge on any atom is 0.337 e. The molecule has 0 aromatic heterocycles. The molecule has 1 rings (SSSR count). The lowest BCUT2D eigenvalue weighted by atomic mass is 10.2. The fourth-order valence-electron chi connectivity index (χ4n) is 1.05. The Bertz CT molecular complexity index is 341. The number of carbonyl (C=O) groups excluding carboxylic acids is 1. The van der Waals surface area contributed by atoms with E-state index in [2.05, 4.69) is 16.6 Å². The van der Waals surface area contributed by atoms with Crippen molar-refractivity contribution in [3.05, 3.63) is 42.1 Å². The number of ether oxygens (including phenoxy) is 1. The van der Waals surface area contributed by atoms with E-state index < -0.39 is 0 Å². The summed E-state index contributed by atoms with van der Waals surface area (Å²) in [5.74, 6) is -0.327. The van der Waals surface area contributed by atoms with E-state index in [0.29, 0.717) is 5.56 Å². The zero-order valence-electron chi connectivity index (χ0n) is 8.33. The summed E-state index contributed by atoms with van der Waals surface area (Å²) in [5, 5.41) is 3.04. The number of esters is 1. The number of methoxy groups -OCH3 is 1. The predicted molar refractivity (Wildman–Crippen MR) is 56.2 cm³/mol. The average Bonchev–Trinajstić information content (AvgIpc) is 2.17. The lowest BCUT2D eigenvalue weighted by Crippen LogP contribution is -2.01. The molecule has 3 nitrogen and oxygen atoms in total. The van der Waals surface area contributed by atoms with Crippen LogP contribution in [0, 0.1) is 0 Å². The molecule has 3 heteroatoms. The van der Waals surface area contributed by atoms with Gasteiger partial charge in [0.05, 0.1) is 12.7 Å². The molecular weight excluding hydrogens is 178 g/mol. The van der Waals surface area contributed by atoms with Crippen LogP contribution >= 0.6 is 0 Å². The molecule has 0 saturated heterocycles. The van der Waals surface area contributed by atoms with Gasteiger partial charge in [-0.3, -0.25) is 0 Å². The Labute approximate surface area is 83.4 Å². The third-order valence-corrected chi connectivity index (χ3v) is 1.66. The summed E-state index contributed by atoms with van der Waals surface area (Å²) in [7, 11) is 1.36. The minimum Gasteiger partial charge on any atom is -0.465 e. The zero-order chi connectivity index (χ0) is 10.6. The van der Waals surface area contributed by atoms with E-state index in [1.165, 1.54) is 7.11 Å². The minimum absolute atomic E-state index is 0.327. The molecule has 0 fully saturated rings. The van der Waals surface area contributed by atoms with Crippen LogP contribution in [-0.4, -0.2) is 13.1 Å². The molecule has 1 aromatic rings. The van der Waals surface area contributed by atoms with Gasteiger partial charge in [-0.25, -0.2) is 4.79 Å². The van der Waals surface area contributed by atoms with Crippen molar-refractivity contribution in [1.82, 2.24) is 0 Å². The zero-order valence-corrected chi connectivity index (χ0v) is 8.33. The second-order valence-electron chi connectivity index (χ2n) is 2.97. The van der Waals surface area contributed by atoms with Gasteiger partial charge in [-0.05, 0) is 31.2 Å². The van der Waals surface area contributed by atoms with E-state index in [0.717, 1.165) is 11.4 Å². The molecule has 0 saturated carbocycles. The normalized spacial score (nSPS) is 9.29. The van der Waals surface area contributed by atoms with Gasteiger partial charge in [0.1, 0.15) is 0 Å². The number of anilines is 1. The number of hydrogen-bond donors (Lipinski definition) is 1. The quantitative estimate of drug-likeness (QED) is 0.745. The largest absolute Gasteiger partial charge is 0.465 e. The molecule has 0 radical (unpaired) electrons. The van der Waals surface area contributed by atoms with Gasteiger partial charge in [-0.1, -0.05) is 6.58 Å². The molecule has 0 spiro atoms. The maximum atomic E-state index is 11.1. The van der Waals surface area contributed by atoms with Gasteiger partial charge in [0.25, 0.3) is 0 Å². The van der Waals surface area contributed by atoms with E-state index >= 15 is 0 Å². The van der Waals surface area contributed by atoms with Crippen LogP contribution in [0.25, 0.3) is 0 Å². The highest BCUT2D eigenvalue weighted by atomic mass is 16.5. The van der Waals surface area contributed by atoms with Crippen LogP contribution in [0.5, 0.6) is 0 Å². The second kappa shape index (κ2) is 4.46. The molecule has 0 heterocycles. The Morgan fingerprint density at radius 3 is 2.36 bits per heavy atom. The number of rotatable bonds is 3. The highest BCUT2D eigenvalue weighted by Gasteiger charge is 2.03. The van der Waals surface area contributed by atoms with E-state index in [-0.39, 0.29) is 5.97 Å². The van der Waals surface area contributed by atoms with Gasteiger partial charge in [0.15, 0.2) is 0 Å². The molecule has 0 aliphatic rings. The van der Waals surface area contributed by atoms with Gasteiger partial charge in [-0.15, -0.1) is 0 Å². The summed E-state index contributed by atoms with van der Waals surface area (Å²) in [4.78, 5) is 11.1. The summed E-state index contributed by atoms with van der Waals surface area (Å²) in [6, 6.07) is 7.02. The Morgan fingerprint density at radius 2 is 1.93 bits per heavy atom. The Kier molecular flexibility index (Phi) is 3.29. The van der Waals surface area contributed by atoms with Crippen molar-refractivity contribution in [2.75, 3.05) is 12.4 Å². The first-order valence-corrected chi connectivity index (χ1v) is 4.24. The Balaban J connectivity index is 2.78. The number of nitrogens with one attached hydrogen (secondary N) is 1. The van der Waals surface area contributed by atoms with Crippen LogP contribution < -0.4 is 5.32 Å². The van der Waals surface area contributed by atoms with E-state index in [1.807, 2.05) is 6.92 Å². The smallest absolute Gasteiger partial charge is 0.337 e. The van der Waals surface area contributed by atoms with Crippen molar-refractivity contribution in [3.63, 3.8) is 0 Å². The summed E-state index contributed by atoms with van der Waals surface area (Å²) >= 11 is 0. The standard InChI is InChI=1S/C11H13NO2/c1-8(2)12-10-6-4-9(5-7-10)11(13)14-3/h4-7,12H,1H2,2-3H3. The molecule has 1 N–H and O–H groups in total. The lowest BCUT2D eigenvalue weighted by molar-refractivity contribution is 0.0601. The fourth-order valence-corrected chi connectivity index (χ4v) is 1.05. The molecule has 1 aromatic carbocycles. The van der Waals surface area contributed by atoms with Crippen LogP contribution in [0.3, 0.4) is 0 Å². The number of benzene rings is 1. The van der Waals surface area contributed by atoms with Crippen molar-refractivity contribution in [1.29, 1.82) is 0 Å². The average molecular weight is 191 g/mol. The van der Waals surface area contributed by atoms with Gasteiger partial charge >= 0.3 is 5.97 Å². The van der Waals surface area contributed by atoms with Crippen molar-refractivity contribution in [2.24, 2.45) is 0 Å². The molecule has 74 valence electrons. The molecule has 0 unspecified atom stereocenters. The number of carbonyl (C=O) groups is 1. The third-order valence-electron chi connectivity index (χ3n) is 1.66. The van der Waals surface area contributed by atoms with Crippen LogP contribution in [0.1, 0.15) is 17.3 Å². The molecule has 14 heavy (non-hydrogen) atoms. The van der Waals surface area contributed by atoms with E-state index in [4.69, 9.17) is 0 Å². The SMILES string of the molecule is C=C(C)Nc1ccc(C(=O)OC)cc1. The highest BCUT2D eigenvalue weighted by Crippen LogP contribution is 2.11. The van der Waals surface area contributed by atoms with Crippen molar-refractivity contribution < 1.29 is 9.53 Å². The first kappa shape index (κ1) is 10.3. The molecule has 0 amide bonds. The topological polar surface area (TPSA) is 38.3 Å². The molecular formula is C11H13NO2. The monoisotopic (exact) mass is 191 g/mol. The van der Waals surface area contributed by atoms with Crippen LogP contribution in [0.2, 0.25) is 0 Å². The minimum atomic E-state index is -0.327. The number of hydrogen-bond acceptors (Lipinski definition) is 3. The fraction of sp³-hybridized carbons (Fsp3) is 0.182. The summed E-state index contributed by atoms with van der Waals surface area (Å²) in [5.41, 5.74) is 2.31. The number of allylic oxidation sites excluding steroid dienone is 1. The first-order valence-electron chi connectivity index (χ1n) is 4.24. The van der Waals surface area contributed by atoms with Crippen LogP contribution in [0.15, 0.2) is 36.5 Å². The lowest BCUT2D eigenvalue weighted by Gasteiger charge is -2.05. The second-order valence-corrected chi connectivity index (χ2v) is 2.97. The van der Waals surface area contributed by atoms with Gasteiger partial charge < -0.3 is 10.1 Å². The summed E-state index contributed by atoms with van der Waals surface area (Å²) in [6.07, 6.45) is 0.